The molecule has 0 unspecified atom stereocenters. The molecule has 0 spiro atoms. The van der Waals surface area contributed by atoms with E-state index in [0.29, 0.717) is 20.7 Å². The molecule has 2 aliphatic rings. The molecule has 2 rings (SSSR count). The van der Waals surface area contributed by atoms with Crippen LogP contribution in [-0.4, -0.2) is 44.4 Å². The molecule has 0 heterocycles. The molecular formula is C14H24N2S4Te. The summed E-state index contributed by atoms with van der Waals surface area (Å²) in [7, 11) is 0. The summed E-state index contributed by atoms with van der Waals surface area (Å²) in [6.07, 6.45) is 13.1. The van der Waals surface area contributed by atoms with Crippen molar-refractivity contribution in [2.75, 3.05) is 0 Å². The first-order valence-corrected chi connectivity index (χ1v) is 9.16. The average Bonchev–Trinajstić information content (AvgIpc) is 2.40. The molecule has 2 aliphatic carbocycles. The van der Waals surface area contributed by atoms with E-state index < -0.39 is 0 Å². The summed E-state index contributed by atoms with van der Waals surface area (Å²) in [5.41, 5.74) is 0. The van der Waals surface area contributed by atoms with Crippen molar-refractivity contribution in [1.29, 1.82) is 0 Å². The van der Waals surface area contributed by atoms with Crippen LogP contribution in [0.4, 0.5) is 0 Å². The van der Waals surface area contributed by atoms with Crippen LogP contribution in [0.3, 0.4) is 0 Å². The molecule has 0 amide bonds. The fourth-order valence-corrected chi connectivity index (χ4v) is 3.49. The molecule has 4 radical (unpaired) electrons. The number of rotatable bonds is 2. The Morgan fingerprint density at radius 1 is 0.667 bits per heavy atom. The maximum absolute atomic E-state index is 4.78. The predicted molar refractivity (Wildman–Crippen MR) is 106 cm³/mol. The molecule has 2 N–H and O–H groups in total. The van der Waals surface area contributed by atoms with E-state index in [4.69, 9.17) is 49.7 Å². The number of thiocarbonyl (C=S) groups is 2. The second kappa shape index (κ2) is 13.4. The van der Waals surface area contributed by atoms with Crippen LogP contribution in [-0.2, 0) is 25.3 Å². The molecular weight excluding hydrogens is 452 g/mol. The van der Waals surface area contributed by atoms with Gasteiger partial charge in [-0.1, -0.05) is 47.2 Å². The summed E-state index contributed by atoms with van der Waals surface area (Å²) in [5.74, 6) is 0. The Bertz CT molecular complexity index is 273. The predicted octanol–water partition coefficient (Wildman–Crippen LogP) is 3.10. The van der Waals surface area contributed by atoms with Crippen LogP contribution >= 0.6 is 24.4 Å². The minimum Gasteiger partial charge on any atom is -0.412 e. The molecule has 0 aromatic heterocycles. The Morgan fingerprint density at radius 2 is 0.952 bits per heavy atom. The van der Waals surface area contributed by atoms with E-state index in [-0.39, 0.29) is 23.7 Å². The van der Waals surface area contributed by atoms with Gasteiger partial charge in [-0.25, -0.2) is 0 Å². The van der Waals surface area contributed by atoms with Gasteiger partial charge in [0.05, 0.1) is 0 Å². The molecule has 2 fully saturated rings. The van der Waals surface area contributed by atoms with Crippen LogP contribution in [0, 0.1) is 0 Å². The summed E-state index contributed by atoms with van der Waals surface area (Å²) < 4.78 is 1.07. The Labute approximate surface area is 167 Å². The summed E-state index contributed by atoms with van der Waals surface area (Å²) in [4.78, 5) is 0. The molecule has 0 saturated heterocycles. The molecule has 0 atom stereocenters. The van der Waals surface area contributed by atoms with E-state index in [0.717, 1.165) is 0 Å². The van der Waals surface area contributed by atoms with Crippen LogP contribution in [0.1, 0.15) is 64.2 Å². The van der Waals surface area contributed by atoms with Crippen LogP contribution < -0.4 is 10.6 Å². The Kier molecular flexibility index (Phi) is 14.1. The molecule has 0 bridgehead atoms. The summed E-state index contributed by atoms with van der Waals surface area (Å²) in [6, 6.07) is 1.16. The van der Waals surface area contributed by atoms with Crippen LogP contribution in [0.15, 0.2) is 0 Å². The Balaban J connectivity index is 0.000000364. The molecule has 0 aromatic rings. The third kappa shape index (κ3) is 12.1. The normalized spacial score (nSPS) is 19.4. The molecule has 120 valence electrons. The number of hydrogen-bond acceptors (Lipinski definition) is 4. The topological polar surface area (TPSA) is 24.1 Å². The van der Waals surface area contributed by atoms with Crippen molar-refractivity contribution in [2.45, 2.75) is 76.3 Å². The third-order valence-electron chi connectivity index (χ3n) is 3.85. The Morgan fingerprint density at radius 3 is 1.19 bits per heavy atom. The van der Waals surface area contributed by atoms with Crippen molar-refractivity contribution in [1.82, 2.24) is 10.6 Å². The quantitative estimate of drug-likeness (QED) is 0.361. The van der Waals surface area contributed by atoms with Gasteiger partial charge in [-0.15, -0.1) is 0 Å². The van der Waals surface area contributed by atoms with Gasteiger partial charge in [-0.2, -0.15) is 0 Å². The van der Waals surface area contributed by atoms with Gasteiger partial charge < -0.3 is 60.3 Å². The summed E-state index contributed by atoms with van der Waals surface area (Å²) >= 11 is 19.1. The fraction of sp³-hybridized carbons (Fsp3) is 0.857. The van der Waals surface area contributed by atoms with Crippen molar-refractivity contribution in [3.05, 3.63) is 0 Å². The van der Waals surface area contributed by atoms with Crippen molar-refractivity contribution in [2.24, 2.45) is 0 Å². The average molecular weight is 476 g/mol. The fourth-order valence-electron chi connectivity index (χ4n) is 2.83. The minimum atomic E-state index is 0. The van der Waals surface area contributed by atoms with Gasteiger partial charge >= 0.3 is 23.7 Å². The van der Waals surface area contributed by atoms with Crippen LogP contribution in [0.2, 0.25) is 0 Å². The van der Waals surface area contributed by atoms with E-state index in [1.54, 1.807) is 0 Å². The number of hydrogen-bond donors (Lipinski definition) is 2. The van der Waals surface area contributed by atoms with Crippen molar-refractivity contribution < 1.29 is 0 Å². The monoisotopic (exact) mass is 478 g/mol. The number of nitrogens with one attached hydrogen (secondary N) is 2. The zero-order valence-corrected chi connectivity index (χ0v) is 17.9. The van der Waals surface area contributed by atoms with Gasteiger partial charge in [0, 0.05) is 12.1 Å². The van der Waals surface area contributed by atoms with Gasteiger partial charge in [-0.05, 0) is 25.7 Å². The first-order chi connectivity index (χ1) is 9.58. The molecule has 2 nitrogen and oxygen atoms in total. The zero-order chi connectivity index (χ0) is 14.8. The zero-order valence-electron chi connectivity index (χ0n) is 12.3. The van der Waals surface area contributed by atoms with E-state index in [9.17, 15) is 0 Å². The van der Waals surface area contributed by atoms with Crippen molar-refractivity contribution >= 4 is 82.0 Å². The largest absolute Gasteiger partial charge is 2.00 e. The van der Waals surface area contributed by atoms with Crippen LogP contribution in [0.25, 0.3) is 0 Å². The summed E-state index contributed by atoms with van der Waals surface area (Å²) in [6.45, 7) is 0. The second-order valence-electron chi connectivity index (χ2n) is 5.53. The van der Waals surface area contributed by atoms with E-state index in [1.165, 1.54) is 64.2 Å². The van der Waals surface area contributed by atoms with Gasteiger partial charge in [0.2, 0.25) is 0 Å². The standard InChI is InChI=1S/2C7H13NS2.Te/c2*9-7(10)8-6-4-2-1-3-5-6;/h2*6H,1-5H2,(H2,8,9,10);/q;;+2/p-2. The SMILES string of the molecule is S=C([S-])NC1CCCCC1.S=C([S-])NC1CCCCC1.[Te+2]. The second-order valence-corrected chi connectivity index (χ2v) is 7.68. The van der Waals surface area contributed by atoms with Gasteiger partial charge in [0.15, 0.2) is 0 Å². The molecule has 0 aliphatic heterocycles. The van der Waals surface area contributed by atoms with Crippen molar-refractivity contribution in [3.63, 3.8) is 0 Å². The Hall–Kier alpha value is 1.01. The molecule has 0 aromatic carbocycles. The van der Waals surface area contributed by atoms with Gasteiger partial charge in [0.25, 0.3) is 0 Å². The maximum Gasteiger partial charge on any atom is 2.00 e. The molecule has 21 heavy (non-hydrogen) atoms. The van der Waals surface area contributed by atoms with Gasteiger partial charge in [0.1, 0.15) is 0 Å². The third-order valence-corrected chi connectivity index (χ3v) is 4.33. The van der Waals surface area contributed by atoms with E-state index in [2.05, 4.69) is 10.6 Å². The van der Waals surface area contributed by atoms with E-state index >= 15 is 0 Å². The van der Waals surface area contributed by atoms with Crippen LogP contribution in [0.5, 0.6) is 0 Å². The van der Waals surface area contributed by atoms with Gasteiger partial charge in [-0.3, -0.25) is 0 Å². The minimum absolute atomic E-state index is 0. The molecule has 2 saturated carbocycles. The maximum atomic E-state index is 4.78. The first-order valence-electron chi connectivity index (χ1n) is 7.53. The first kappa shape index (κ1) is 22.0. The summed E-state index contributed by atoms with van der Waals surface area (Å²) in [5, 5.41) is 6.26. The van der Waals surface area contributed by atoms with E-state index in [1.807, 2.05) is 0 Å². The smallest absolute Gasteiger partial charge is 0.412 e. The molecule has 7 heteroatoms. The van der Waals surface area contributed by atoms with Crippen molar-refractivity contribution in [3.8, 4) is 0 Å².